The van der Waals surface area contributed by atoms with E-state index in [-0.39, 0.29) is 0 Å². The fourth-order valence-corrected chi connectivity index (χ4v) is 0.868. The van der Waals surface area contributed by atoms with E-state index in [0.717, 1.165) is 6.21 Å². The Labute approximate surface area is 81.6 Å². The largest absolute Gasteiger partial charge is 0.478 e. The first-order valence-corrected chi connectivity index (χ1v) is 4.07. The molecule has 4 nitrogen and oxygen atoms in total. The van der Waals surface area contributed by atoms with Gasteiger partial charge in [-0.2, -0.15) is 0 Å². The molecule has 2 N–H and O–H groups in total. The molecule has 0 saturated heterocycles. The number of aliphatic carboxylic acids is 1. The molecule has 0 bridgehead atoms. The maximum absolute atomic E-state index is 10.8. The highest BCUT2D eigenvalue weighted by molar-refractivity contribution is 5.96. The van der Waals surface area contributed by atoms with Crippen LogP contribution in [0.15, 0.2) is 30.3 Å². The Balaban J connectivity index is 2.86. The van der Waals surface area contributed by atoms with Crippen LogP contribution in [0, 0.1) is 5.41 Å². The van der Waals surface area contributed by atoms with Gasteiger partial charge < -0.3 is 15.3 Å². The summed E-state index contributed by atoms with van der Waals surface area (Å²) in [6.07, 6.45) is 0.766. The van der Waals surface area contributed by atoms with Crippen LogP contribution in [0.4, 0.5) is 0 Å². The molecule has 74 valence electrons. The van der Waals surface area contributed by atoms with Gasteiger partial charge in [-0.05, 0) is 19.1 Å². The van der Waals surface area contributed by atoms with Gasteiger partial charge in [-0.25, -0.2) is 4.79 Å². The number of rotatable bonds is 4. The van der Waals surface area contributed by atoms with Crippen molar-refractivity contribution in [3.05, 3.63) is 30.3 Å². The highest BCUT2D eigenvalue weighted by Crippen LogP contribution is 2.16. The van der Waals surface area contributed by atoms with Gasteiger partial charge in [0.25, 0.3) is 0 Å². The lowest BCUT2D eigenvalue weighted by atomic mass is 10.1. The smallest absolute Gasteiger partial charge is 0.353 e. The summed E-state index contributed by atoms with van der Waals surface area (Å²) < 4.78 is 5.17. The molecular weight excluding hydrogens is 182 g/mol. The molecule has 0 radical (unpaired) electrons. The van der Waals surface area contributed by atoms with Crippen molar-refractivity contribution in [2.45, 2.75) is 12.5 Å². The van der Waals surface area contributed by atoms with Crippen molar-refractivity contribution in [1.82, 2.24) is 0 Å². The minimum Gasteiger partial charge on any atom is -0.478 e. The van der Waals surface area contributed by atoms with Gasteiger partial charge in [0.2, 0.25) is 5.60 Å². The van der Waals surface area contributed by atoms with Crippen molar-refractivity contribution in [3.63, 3.8) is 0 Å². The van der Waals surface area contributed by atoms with E-state index in [0.29, 0.717) is 5.75 Å². The van der Waals surface area contributed by atoms with Gasteiger partial charge in [0.15, 0.2) is 0 Å². The normalized spacial score (nSPS) is 14.1. The van der Waals surface area contributed by atoms with Gasteiger partial charge >= 0.3 is 5.97 Å². The van der Waals surface area contributed by atoms with Gasteiger partial charge in [0, 0.05) is 6.21 Å². The van der Waals surface area contributed by atoms with Crippen molar-refractivity contribution >= 4 is 12.2 Å². The summed E-state index contributed by atoms with van der Waals surface area (Å²) in [7, 11) is 0. The Kier molecular flexibility index (Phi) is 2.86. The molecule has 0 fully saturated rings. The maximum Gasteiger partial charge on any atom is 0.353 e. The molecule has 1 aromatic rings. The number of nitrogens with one attached hydrogen (secondary N) is 1. The monoisotopic (exact) mass is 193 g/mol. The van der Waals surface area contributed by atoms with E-state index < -0.39 is 11.6 Å². The van der Waals surface area contributed by atoms with Crippen LogP contribution in [-0.2, 0) is 4.79 Å². The number of benzene rings is 1. The van der Waals surface area contributed by atoms with E-state index >= 15 is 0 Å². The van der Waals surface area contributed by atoms with E-state index in [2.05, 4.69) is 0 Å². The van der Waals surface area contributed by atoms with Crippen LogP contribution >= 0.6 is 0 Å². The number of carboxylic acids is 1. The zero-order valence-corrected chi connectivity index (χ0v) is 7.73. The molecule has 1 atom stereocenters. The molecule has 0 aliphatic heterocycles. The molecule has 0 aliphatic rings. The maximum atomic E-state index is 10.8. The second-order valence-electron chi connectivity index (χ2n) is 2.97. The van der Waals surface area contributed by atoms with E-state index in [1.165, 1.54) is 6.92 Å². The van der Waals surface area contributed by atoms with Crippen LogP contribution in [0.3, 0.4) is 0 Å². The van der Waals surface area contributed by atoms with Crippen LogP contribution in [-0.4, -0.2) is 22.9 Å². The fraction of sp³-hybridized carbons (Fsp3) is 0.200. The molecule has 4 heteroatoms. The number of hydrogen-bond donors (Lipinski definition) is 2. The zero-order valence-electron chi connectivity index (χ0n) is 7.73. The summed E-state index contributed by atoms with van der Waals surface area (Å²) >= 11 is 0. The Hall–Kier alpha value is -1.84. The molecule has 0 saturated carbocycles. The SMILES string of the molecule is CC(C=N)(Oc1ccccc1)C(=O)O. The van der Waals surface area contributed by atoms with E-state index in [9.17, 15) is 4.79 Å². The third-order valence-electron chi connectivity index (χ3n) is 1.77. The molecule has 0 spiro atoms. The average Bonchev–Trinajstić information content (AvgIpc) is 2.19. The van der Waals surface area contributed by atoms with Crippen LogP contribution in [0.5, 0.6) is 5.75 Å². The average molecular weight is 193 g/mol. The van der Waals surface area contributed by atoms with Crippen molar-refractivity contribution in [3.8, 4) is 5.75 Å². The standard InChI is InChI=1S/C10H11NO3/c1-10(7-11,9(12)13)14-8-5-3-2-4-6-8/h2-7,11H,1H3,(H,12,13). The first kappa shape index (κ1) is 10.2. The van der Waals surface area contributed by atoms with E-state index in [4.69, 9.17) is 15.3 Å². The lowest BCUT2D eigenvalue weighted by Crippen LogP contribution is -2.42. The predicted molar refractivity (Wildman–Crippen MR) is 51.9 cm³/mol. The van der Waals surface area contributed by atoms with Gasteiger partial charge in [-0.1, -0.05) is 18.2 Å². The van der Waals surface area contributed by atoms with Gasteiger partial charge in [0.05, 0.1) is 0 Å². The summed E-state index contributed by atoms with van der Waals surface area (Å²) in [4.78, 5) is 10.8. The number of carbonyl (C=O) groups is 1. The number of hydrogen-bond acceptors (Lipinski definition) is 3. The van der Waals surface area contributed by atoms with Crippen LogP contribution in [0.1, 0.15) is 6.92 Å². The molecule has 14 heavy (non-hydrogen) atoms. The van der Waals surface area contributed by atoms with Crippen molar-refractivity contribution in [2.24, 2.45) is 0 Å². The van der Waals surface area contributed by atoms with Crippen LogP contribution < -0.4 is 4.74 Å². The number of ether oxygens (including phenoxy) is 1. The first-order chi connectivity index (χ1) is 6.58. The summed E-state index contributed by atoms with van der Waals surface area (Å²) in [6, 6.07) is 8.56. The third kappa shape index (κ3) is 2.10. The van der Waals surface area contributed by atoms with Gasteiger partial charge in [0.1, 0.15) is 5.75 Å². The van der Waals surface area contributed by atoms with E-state index in [1.807, 2.05) is 0 Å². The fourth-order valence-electron chi connectivity index (χ4n) is 0.868. The first-order valence-electron chi connectivity index (χ1n) is 4.07. The molecule has 1 aromatic carbocycles. The van der Waals surface area contributed by atoms with Gasteiger partial charge in [-0.3, -0.25) is 0 Å². The van der Waals surface area contributed by atoms with Crippen molar-refractivity contribution in [1.29, 1.82) is 5.41 Å². The predicted octanol–water partition coefficient (Wildman–Crippen LogP) is 1.56. The van der Waals surface area contributed by atoms with Crippen LogP contribution in [0.25, 0.3) is 0 Å². The topological polar surface area (TPSA) is 70.4 Å². The zero-order chi connectivity index (χ0) is 10.6. The summed E-state index contributed by atoms with van der Waals surface area (Å²) in [5, 5.41) is 15.8. The lowest BCUT2D eigenvalue weighted by Gasteiger charge is -2.21. The molecule has 0 aromatic heterocycles. The lowest BCUT2D eigenvalue weighted by molar-refractivity contribution is -0.147. The van der Waals surface area contributed by atoms with Crippen LogP contribution in [0.2, 0.25) is 0 Å². The molecule has 1 rings (SSSR count). The second kappa shape index (κ2) is 3.91. The minimum atomic E-state index is -1.60. The van der Waals surface area contributed by atoms with Crippen molar-refractivity contribution < 1.29 is 14.6 Å². The molecular formula is C10H11NO3. The minimum absolute atomic E-state index is 0.431. The van der Waals surface area contributed by atoms with Crippen molar-refractivity contribution in [2.75, 3.05) is 0 Å². The summed E-state index contributed by atoms with van der Waals surface area (Å²) in [5.74, 6) is -0.753. The summed E-state index contributed by atoms with van der Waals surface area (Å²) in [5.41, 5.74) is -1.60. The third-order valence-corrected chi connectivity index (χ3v) is 1.77. The molecule has 0 aliphatic carbocycles. The Morgan fingerprint density at radius 3 is 2.50 bits per heavy atom. The Morgan fingerprint density at radius 2 is 2.07 bits per heavy atom. The molecule has 0 heterocycles. The van der Waals surface area contributed by atoms with E-state index in [1.54, 1.807) is 30.3 Å². The highest BCUT2D eigenvalue weighted by Gasteiger charge is 2.33. The molecule has 0 amide bonds. The van der Waals surface area contributed by atoms with Gasteiger partial charge in [-0.15, -0.1) is 0 Å². The molecule has 1 unspecified atom stereocenters. The Morgan fingerprint density at radius 1 is 1.50 bits per heavy atom. The highest BCUT2D eigenvalue weighted by atomic mass is 16.5. The number of carboxylic acid groups (broad SMARTS) is 1. The number of para-hydroxylation sites is 1. The Bertz CT molecular complexity index is 336. The quantitative estimate of drug-likeness (QED) is 0.713. The summed E-state index contributed by atoms with van der Waals surface area (Å²) in [6.45, 7) is 1.33. The second-order valence-corrected chi connectivity index (χ2v) is 2.97.